The van der Waals surface area contributed by atoms with Gasteiger partial charge in [-0.3, -0.25) is 13.7 Å². The smallest absolute Gasteiger partial charge is 0.145 e. The number of aromatic nitrogens is 6. The summed E-state index contributed by atoms with van der Waals surface area (Å²) in [7, 11) is 0. The van der Waals surface area contributed by atoms with Crippen LogP contribution in [0.25, 0.3) is 269 Å². The topological polar surface area (TPSA) is 66.6 Å². The molecule has 146 heavy (non-hydrogen) atoms. The van der Waals surface area contributed by atoms with Crippen LogP contribution in [0.3, 0.4) is 0 Å². The van der Waals surface area contributed by atoms with Gasteiger partial charge in [0.15, 0.2) is 0 Å². The summed E-state index contributed by atoms with van der Waals surface area (Å²) in [5, 5.41) is 15.6. The quantitative estimate of drug-likeness (QED) is 0.122. The summed E-state index contributed by atoms with van der Waals surface area (Å²) < 4.78 is 16.2. The average Bonchev–Trinajstić information content (AvgIpc) is 1.53. The van der Waals surface area contributed by atoms with Crippen molar-refractivity contribution in [2.75, 3.05) is 0 Å². The summed E-state index contributed by atoms with van der Waals surface area (Å²) >= 11 is 1.88. The molecule has 684 valence electrons. The van der Waals surface area contributed by atoms with E-state index in [1.165, 1.54) is 175 Å². The summed E-state index contributed by atoms with van der Waals surface area (Å²) in [6.45, 7) is 4.71. The van der Waals surface area contributed by atoms with Crippen LogP contribution >= 0.6 is 11.3 Å². The maximum Gasteiger partial charge on any atom is 0.145 e. The zero-order chi connectivity index (χ0) is 96.6. The second-order valence-electron chi connectivity index (χ2n) is 38.7. The predicted molar refractivity (Wildman–Crippen MR) is 615 cm³/mol. The van der Waals surface area contributed by atoms with Crippen LogP contribution in [-0.2, 0) is 5.41 Å². The number of furan rings is 1. The van der Waals surface area contributed by atoms with Crippen LogP contribution in [0.2, 0.25) is 0 Å². The zero-order valence-corrected chi connectivity index (χ0v) is 80.8. The molecule has 0 amide bonds. The second kappa shape index (κ2) is 34.9. The van der Waals surface area contributed by atoms with Crippen LogP contribution in [0.15, 0.2) is 514 Å². The summed E-state index contributed by atoms with van der Waals surface area (Å²) in [6, 6.07) is 183. The predicted octanol–water partition coefficient (Wildman–Crippen LogP) is 37.6. The number of nitrogens with zero attached hydrogens (tertiary/aromatic N) is 6. The van der Waals surface area contributed by atoms with Crippen molar-refractivity contribution in [3.63, 3.8) is 0 Å². The van der Waals surface area contributed by atoms with Crippen molar-refractivity contribution in [2.45, 2.75) is 19.3 Å². The molecule has 0 bridgehead atoms. The highest BCUT2D eigenvalue weighted by Crippen LogP contribution is 2.53. The van der Waals surface area contributed by atoms with Gasteiger partial charge in [0.2, 0.25) is 0 Å². The molecule has 0 spiro atoms. The minimum atomic E-state index is -0.0649. The van der Waals surface area contributed by atoms with Crippen LogP contribution in [-0.4, -0.2) is 28.7 Å². The van der Waals surface area contributed by atoms with E-state index >= 15 is 0 Å². The third kappa shape index (κ3) is 14.4. The highest BCUT2D eigenvalue weighted by Gasteiger charge is 2.37. The van der Waals surface area contributed by atoms with Crippen molar-refractivity contribution < 1.29 is 4.42 Å². The summed E-state index contributed by atoms with van der Waals surface area (Å²) in [6.07, 6.45) is 0. The van der Waals surface area contributed by atoms with Gasteiger partial charge in [0.25, 0.3) is 0 Å². The van der Waals surface area contributed by atoms with Gasteiger partial charge in [-0.1, -0.05) is 408 Å². The van der Waals surface area contributed by atoms with E-state index in [1.54, 1.807) is 0 Å². The van der Waals surface area contributed by atoms with Gasteiger partial charge < -0.3 is 4.42 Å². The molecule has 0 saturated heterocycles. The maximum absolute atomic E-state index is 6.54. The molecule has 29 aromatic rings. The van der Waals surface area contributed by atoms with Gasteiger partial charge in [0, 0.05) is 79.4 Å². The Hall–Kier alpha value is -18.7. The number of rotatable bonds is 12. The first-order chi connectivity index (χ1) is 72.1. The van der Waals surface area contributed by atoms with Gasteiger partial charge in [-0.15, -0.1) is 11.3 Å². The lowest BCUT2D eigenvalue weighted by atomic mass is 9.82. The summed E-state index contributed by atoms with van der Waals surface area (Å²) in [4.78, 5) is 15.9. The summed E-state index contributed by atoms with van der Waals surface area (Å²) in [5.74, 6) is 2.73. The van der Waals surface area contributed by atoms with Crippen molar-refractivity contribution in [3.8, 4) is 129 Å². The van der Waals surface area contributed by atoms with Crippen molar-refractivity contribution in [1.29, 1.82) is 0 Å². The number of pyridine rings is 3. The molecule has 1 aliphatic carbocycles. The Balaban J connectivity index is 0.000000106. The molecular weight excluding hydrogens is 1790 g/mol. The van der Waals surface area contributed by atoms with E-state index in [9.17, 15) is 0 Å². The second-order valence-corrected chi connectivity index (χ2v) is 39.8. The fourth-order valence-electron chi connectivity index (χ4n) is 23.0. The highest BCUT2D eigenvalue weighted by molar-refractivity contribution is 7.26. The molecule has 8 heteroatoms. The third-order valence-corrected chi connectivity index (χ3v) is 31.2. The van der Waals surface area contributed by atoms with Gasteiger partial charge in [0.05, 0.1) is 55.0 Å². The zero-order valence-electron chi connectivity index (χ0n) is 80.0. The number of benzene rings is 21. The van der Waals surface area contributed by atoms with E-state index in [2.05, 4.69) is 525 Å². The van der Waals surface area contributed by atoms with Crippen LogP contribution in [0, 0.1) is 0 Å². The molecule has 8 heterocycles. The molecule has 0 saturated carbocycles. The van der Waals surface area contributed by atoms with Crippen LogP contribution in [0.5, 0.6) is 0 Å². The van der Waals surface area contributed by atoms with Crippen molar-refractivity contribution >= 4 is 152 Å². The Labute approximate surface area is 847 Å². The van der Waals surface area contributed by atoms with Gasteiger partial charge in [-0.25, -0.2) is 15.0 Å². The SMILES string of the molecule is CC1(C)c2ccccc2-c2cc3c(cc21)c1ccccc1n3-c1cc(-c2cccc(-c3ccc(-c4ccccc4)cc3)c2)c2ccccc2n1.c1ccc(-c2ccc(-c3cccc(-c4cc(-n5c6ccccc6c6c7oc8ccccc8c7ccc65)nc5ccccc45)c3)cc2)cc1.c1ccc(-c2ccc(-c3cccc(-c4cc(-n5c6ccccc6c6c7sc8ccccc8c7ccc65)nc5ccccc45)c3)cc2)cc1. The lowest BCUT2D eigenvalue weighted by Gasteiger charge is -2.21. The Morgan fingerprint density at radius 3 is 1.02 bits per heavy atom. The van der Waals surface area contributed by atoms with E-state index in [0.717, 1.165) is 105 Å². The molecule has 0 aliphatic heterocycles. The van der Waals surface area contributed by atoms with Crippen LogP contribution in [0.1, 0.15) is 25.0 Å². The van der Waals surface area contributed by atoms with Gasteiger partial charge in [0.1, 0.15) is 28.6 Å². The molecule has 0 N–H and O–H groups in total. The summed E-state index contributed by atoms with van der Waals surface area (Å²) in [5.41, 5.74) is 38.4. The molecule has 0 fully saturated rings. The number of thiophene rings is 1. The fourth-order valence-corrected chi connectivity index (χ4v) is 24.2. The first-order valence-electron chi connectivity index (χ1n) is 50.0. The van der Waals surface area contributed by atoms with E-state index in [-0.39, 0.29) is 5.41 Å². The number of fused-ring (bicyclic) bond motifs is 23. The van der Waals surface area contributed by atoms with E-state index in [0.29, 0.717) is 0 Å². The highest BCUT2D eigenvalue weighted by atomic mass is 32.1. The Kier molecular flexibility index (Phi) is 20.4. The molecule has 30 rings (SSSR count). The van der Waals surface area contributed by atoms with E-state index in [4.69, 9.17) is 19.4 Å². The van der Waals surface area contributed by atoms with Crippen molar-refractivity contribution in [1.82, 2.24) is 28.7 Å². The molecule has 8 aromatic heterocycles. The normalized spacial score (nSPS) is 12.2. The van der Waals surface area contributed by atoms with E-state index < -0.39 is 0 Å². The molecule has 7 nitrogen and oxygen atoms in total. The lowest BCUT2D eigenvalue weighted by Crippen LogP contribution is -2.14. The molecule has 21 aromatic carbocycles. The fraction of sp³-hybridized carbons (Fsp3) is 0.0217. The number of hydrogen-bond acceptors (Lipinski definition) is 5. The monoisotopic (exact) mass is 1880 g/mol. The number of para-hydroxylation sites is 7. The molecule has 0 unspecified atom stereocenters. The lowest BCUT2D eigenvalue weighted by molar-refractivity contribution is 0.661. The standard InChI is InChI=1S/C48H34N2.C45H28N2O.C45H28N2S/c1-48(2)42-20-9-6-17-36(42)40-29-46-41(28-43(40)48)38-19-8-11-22-45(38)50(46)47-30-39(37-18-7-10-21-44(37)49-47)35-16-12-15-34(27-35)33-25-23-32(24-26-33)31-13-4-3-5-14-31;2*1-2-11-29(12-3-1)30-21-23-31(24-22-30)32-13-10-14-33(27-32)38-28-43(46-39-18-7-4-15-34(38)39)47-40-19-8-5-17-37(40)44-41(47)26-25-36-35-16-6-9-20-42(35)48-45(36)44/h3-30H,1-2H3;2*1-28H. The van der Waals surface area contributed by atoms with Crippen LogP contribution < -0.4 is 0 Å². The van der Waals surface area contributed by atoms with Crippen LogP contribution in [0.4, 0.5) is 0 Å². The van der Waals surface area contributed by atoms with Gasteiger partial charge >= 0.3 is 0 Å². The van der Waals surface area contributed by atoms with Gasteiger partial charge in [-0.05, 0) is 238 Å². The van der Waals surface area contributed by atoms with Crippen molar-refractivity contribution in [3.05, 3.63) is 521 Å². The first-order valence-corrected chi connectivity index (χ1v) is 50.8. The molecule has 0 atom stereocenters. The Morgan fingerprint density at radius 2 is 0.541 bits per heavy atom. The van der Waals surface area contributed by atoms with Crippen molar-refractivity contribution in [2.24, 2.45) is 0 Å². The molecule has 0 radical (unpaired) electrons. The number of hydrogen-bond donors (Lipinski definition) is 0. The maximum atomic E-state index is 6.54. The first kappa shape index (κ1) is 85.3. The third-order valence-electron chi connectivity index (χ3n) is 30.0. The Bertz CT molecular complexity index is 9880. The Morgan fingerprint density at radius 1 is 0.199 bits per heavy atom. The molecule has 1 aliphatic rings. The minimum Gasteiger partial charge on any atom is -0.455 e. The van der Waals surface area contributed by atoms with E-state index in [1.807, 2.05) is 23.5 Å². The van der Waals surface area contributed by atoms with Gasteiger partial charge in [-0.2, -0.15) is 0 Å². The largest absolute Gasteiger partial charge is 0.455 e. The minimum absolute atomic E-state index is 0.0649. The molecular formula is C138H90N6OS. The average molecular weight is 1880 g/mol.